The summed E-state index contributed by atoms with van der Waals surface area (Å²) in [6.45, 7) is 3.61. The Morgan fingerprint density at radius 2 is 2.04 bits per heavy atom. The molecule has 0 saturated carbocycles. The number of benzene rings is 1. The van der Waals surface area contributed by atoms with Crippen LogP contribution in [0.15, 0.2) is 22.7 Å². The lowest BCUT2D eigenvalue weighted by atomic mass is 10.2. The number of piperazine rings is 1. The zero-order chi connectivity index (χ0) is 15.8. The monoisotopic (exact) mass is 314 g/mol. The van der Waals surface area contributed by atoms with Crippen LogP contribution in [0.4, 0.5) is 5.95 Å². The highest BCUT2D eigenvalue weighted by Crippen LogP contribution is 2.27. The Morgan fingerprint density at radius 1 is 1.22 bits per heavy atom. The number of hydrogen-bond donors (Lipinski definition) is 2. The van der Waals surface area contributed by atoms with Crippen molar-refractivity contribution in [3.05, 3.63) is 24.0 Å². The first-order chi connectivity index (χ1) is 11.2. The molecule has 1 aromatic carbocycles. The molecule has 3 aromatic rings. The third-order valence-electron chi connectivity index (χ3n) is 4.14. The van der Waals surface area contributed by atoms with Crippen molar-refractivity contribution < 1.29 is 9.63 Å². The van der Waals surface area contributed by atoms with Gasteiger partial charge in [0.2, 0.25) is 0 Å². The van der Waals surface area contributed by atoms with Crippen molar-refractivity contribution in [3.63, 3.8) is 0 Å². The van der Waals surface area contributed by atoms with E-state index < -0.39 is 0 Å². The molecule has 8 nitrogen and oxygen atoms in total. The van der Waals surface area contributed by atoms with Crippen LogP contribution in [-0.4, -0.2) is 63.3 Å². The van der Waals surface area contributed by atoms with Gasteiger partial charge in [0.25, 0.3) is 11.8 Å². The first-order valence-corrected chi connectivity index (χ1v) is 7.60. The molecule has 1 fully saturated rings. The number of nitrogens with one attached hydrogen (secondary N) is 1. The van der Waals surface area contributed by atoms with Gasteiger partial charge in [-0.2, -0.15) is 4.98 Å². The van der Waals surface area contributed by atoms with E-state index in [4.69, 9.17) is 4.52 Å². The number of rotatable bonds is 3. The van der Waals surface area contributed by atoms with Gasteiger partial charge in [0.15, 0.2) is 0 Å². The van der Waals surface area contributed by atoms with Crippen molar-refractivity contribution in [2.24, 2.45) is 0 Å². The van der Waals surface area contributed by atoms with E-state index in [0.717, 1.165) is 42.8 Å². The second-order valence-electron chi connectivity index (χ2n) is 5.73. The van der Waals surface area contributed by atoms with Crippen LogP contribution < -0.4 is 4.90 Å². The maximum Gasteiger partial charge on any atom is 0.266 e. The summed E-state index contributed by atoms with van der Waals surface area (Å²) < 4.78 is 5.45. The van der Waals surface area contributed by atoms with Gasteiger partial charge in [-0.15, -0.1) is 0 Å². The number of nitrogens with zero attached hydrogens (tertiary/aromatic N) is 5. The number of anilines is 1. The van der Waals surface area contributed by atoms with Crippen molar-refractivity contribution in [2.75, 3.05) is 38.1 Å². The Hall–Kier alpha value is -2.45. The summed E-state index contributed by atoms with van der Waals surface area (Å²) in [5, 5.41) is 13.3. The van der Waals surface area contributed by atoms with E-state index in [2.05, 4.69) is 37.0 Å². The Bertz CT molecular complexity index is 818. The molecule has 0 bridgehead atoms. The van der Waals surface area contributed by atoms with E-state index in [1.807, 2.05) is 18.2 Å². The second kappa shape index (κ2) is 5.64. The Labute approximate surface area is 132 Å². The summed E-state index contributed by atoms with van der Waals surface area (Å²) in [7, 11) is 2.11. The van der Waals surface area contributed by atoms with Gasteiger partial charge in [-0.3, -0.25) is 0 Å². The smallest absolute Gasteiger partial charge is 0.266 e. The number of aliphatic hydroxyl groups excluding tert-OH is 1. The molecule has 1 saturated heterocycles. The minimum Gasteiger partial charge on any atom is -0.388 e. The van der Waals surface area contributed by atoms with Crippen LogP contribution in [0.25, 0.3) is 22.5 Å². The summed E-state index contributed by atoms with van der Waals surface area (Å²) in [6, 6.07) is 5.70. The van der Waals surface area contributed by atoms with Gasteiger partial charge in [-0.05, 0) is 24.3 Å². The fourth-order valence-corrected chi connectivity index (χ4v) is 2.79. The zero-order valence-corrected chi connectivity index (χ0v) is 12.9. The highest BCUT2D eigenvalue weighted by molar-refractivity contribution is 5.89. The minimum atomic E-state index is -0.134. The van der Waals surface area contributed by atoms with Crippen LogP contribution in [0.2, 0.25) is 0 Å². The molecule has 0 aliphatic carbocycles. The van der Waals surface area contributed by atoms with E-state index in [-0.39, 0.29) is 6.61 Å². The molecule has 23 heavy (non-hydrogen) atoms. The van der Waals surface area contributed by atoms with Crippen molar-refractivity contribution in [1.82, 2.24) is 25.0 Å². The van der Waals surface area contributed by atoms with E-state index in [1.54, 1.807) is 0 Å². The number of aromatic nitrogens is 4. The Morgan fingerprint density at radius 3 is 2.83 bits per heavy atom. The number of aliphatic hydroxyl groups is 1. The molecule has 8 heteroatoms. The number of imidazole rings is 1. The molecule has 0 radical (unpaired) electrons. The number of hydrogen-bond acceptors (Lipinski definition) is 7. The SMILES string of the molecule is CN1CCN(c2noc(-c3cccc4[nH]c(CO)nc34)n2)CC1. The highest BCUT2D eigenvalue weighted by Gasteiger charge is 2.21. The predicted molar refractivity (Wildman–Crippen MR) is 85.0 cm³/mol. The zero-order valence-electron chi connectivity index (χ0n) is 12.9. The van der Waals surface area contributed by atoms with Gasteiger partial charge in [-0.1, -0.05) is 6.07 Å². The molecule has 0 unspecified atom stereocenters. The average molecular weight is 314 g/mol. The maximum absolute atomic E-state index is 9.24. The van der Waals surface area contributed by atoms with Crippen LogP contribution in [0, 0.1) is 0 Å². The quantitative estimate of drug-likeness (QED) is 0.740. The first-order valence-electron chi connectivity index (χ1n) is 7.60. The van der Waals surface area contributed by atoms with E-state index >= 15 is 0 Å². The van der Waals surface area contributed by atoms with E-state index in [1.165, 1.54) is 0 Å². The van der Waals surface area contributed by atoms with Gasteiger partial charge in [0, 0.05) is 26.2 Å². The molecule has 2 aromatic heterocycles. The van der Waals surface area contributed by atoms with Gasteiger partial charge in [0.1, 0.15) is 17.9 Å². The molecule has 2 N–H and O–H groups in total. The summed E-state index contributed by atoms with van der Waals surface area (Å²) in [6.07, 6.45) is 0. The van der Waals surface area contributed by atoms with Gasteiger partial charge in [0.05, 0.1) is 11.1 Å². The number of para-hydroxylation sites is 1. The molecule has 120 valence electrons. The molecule has 0 amide bonds. The minimum absolute atomic E-state index is 0.134. The van der Waals surface area contributed by atoms with Crippen LogP contribution in [-0.2, 0) is 6.61 Å². The van der Waals surface area contributed by atoms with Crippen LogP contribution in [0.3, 0.4) is 0 Å². The maximum atomic E-state index is 9.24. The van der Waals surface area contributed by atoms with Crippen LogP contribution >= 0.6 is 0 Å². The normalized spacial score (nSPS) is 16.3. The summed E-state index contributed by atoms with van der Waals surface area (Å²) in [4.78, 5) is 16.4. The van der Waals surface area contributed by atoms with Crippen molar-refractivity contribution >= 4 is 17.0 Å². The summed E-state index contributed by atoms with van der Waals surface area (Å²) in [5.74, 6) is 1.58. The molecule has 0 spiro atoms. The number of H-pyrrole nitrogens is 1. The lowest BCUT2D eigenvalue weighted by Gasteiger charge is -2.31. The lowest BCUT2D eigenvalue weighted by Crippen LogP contribution is -2.44. The number of likely N-dealkylation sites (N-methyl/N-ethyl adjacent to an activating group) is 1. The third-order valence-corrected chi connectivity index (χ3v) is 4.14. The molecular formula is C15H18N6O2. The fourth-order valence-electron chi connectivity index (χ4n) is 2.79. The predicted octanol–water partition coefficient (Wildman–Crippen LogP) is 0.857. The summed E-state index contributed by atoms with van der Waals surface area (Å²) in [5.41, 5.74) is 2.34. The van der Waals surface area contributed by atoms with E-state index in [9.17, 15) is 5.11 Å². The van der Waals surface area contributed by atoms with Gasteiger partial charge < -0.3 is 24.4 Å². The molecular weight excluding hydrogens is 296 g/mol. The molecule has 1 aliphatic rings. The topological polar surface area (TPSA) is 94.3 Å². The molecule has 0 atom stereocenters. The molecule has 4 rings (SSSR count). The Balaban J connectivity index is 1.67. The van der Waals surface area contributed by atoms with Crippen LogP contribution in [0.1, 0.15) is 5.82 Å². The van der Waals surface area contributed by atoms with E-state index in [0.29, 0.717) is 17.7 Å². The van der Waals surface area contributed by atoms with Crippen molar-refractivity contribution in [3.8, 4) is 11.5 Å². The van der Waals surface area contributed by atoms with Crippen LogP contribution in [0.5, 0.6) is 0 Å². The van der Waals surface area contributed by atoms with Crippen molar-refractivity contribution in [2.45, 2.75) is 6.61 Å². The highest BCUT2D eigenvalue weighted by atomic mass is 16.5. The lowest BCUT2D eigenvalue weighted by molar-refractivity contribution is 0.273. The van der Waals surface area contributed by atoms with Gasteiger partial charge >= 0.3 is 0 Å². The third kappa shape index (κ3) is 2.55. The van der Waals surface area contributed by atoms with Crippen molar-refractivity contribution in [1.29, 1.82) is 0 Å². The average Bonchev–Trinajstić information content (AvgIpc) is 3.21. The standard InChI is InChI=1S/C15H18N6O2/c1-20-5-7-21(8-6-20)15-18-14(23-19-15)10-3-2-4-11-13(10)17-12(9-22)16-11/h2-4,22H,5-9H2,1H3,(H,16,17). The fraction of sp³-hybridized carbons (Fsp3) is 0.400. The Kier molecular flexibility index (Phi) is 3.47. The summed E-state index contributed by atoms with van der Waals surface area (Å²) >= 11 is 0. The second-order valence-corrected chi connectivity index (χ2v) is 5.73. The van der Waals surface area contributed by atoms with Gasteiger partial charge in [-0.25, -0.2) is 4.98 Å². The molecule has 3 heterocycles. The number of fused-ring (bicyclic) bond motifs is 1. The first kappa shape index (κ1) is 14.2. The largest absolute Gasteiger partial charge is 0.388 e. The molecule has 1 aliphatic heterocycles. The number of aromatic amines is 1.